The number of benzene rings is 1. The molecule has 1 aromatic carbocycles. The highest BCUT2D eigenvalue weighted by molar-refractivity contribution is 5.61. The van der Waals surface area contributed by atoms with Crippen molar-refractivity contribution in [3.63, 3.8) is 0 Å². The SMILES string of the molecule is N#Cc1ccc(C2CC2)cc1N1CCN(Cc2cccnn2)CC1. The number of nitrogens with zero attached hydrogens (tertiary/aromatic N) is 5. The molecule has 2 fully saturated rings. The number of anilines is 1. The monoisotopic (exact) mass is 319 g/mol. The second kappa shape index (κ2) is 6.58. The van der Waals surface area contributed by atoms with Crippen LogP contribution in [-0.4, -0.2) is 41.3 Å². The molecule has 1 saturated heterocycles. The maximum Gasteiger partial charge on any atom is 0.101 e. The van der Waals surface area contributed by atoms with Gasteiger partial charge in [-0.15, -0.1) is 0 Å². The van der Waals surface area contributed by atoms with Gasteiger partial charge in [0.15, 0.2) is 0 Å². The quantitative estimate of drug-likeness (QED) is 0.867. The Labute approximate surface area is 142 Å². The topological polar surface area (TPSA) is 56.1 Å². The highest BCUT2D eigenvalue weighted by atomic mass is 15.3. The summed E-state index contributed by atoms with van der Waals surface area (Å²) in [5.41, 5.74) is 4.31. The van der Waals surface area contributed by atoms with Crippen molar-refractivity contribution in [2.45, 2.75) is 25.3 Å². The van der Waals surface area contributed by atoms with E-state index in [1.165, 1.54) is 18.4 Å². The van der Waals surface area contributed by atoms with E-state index in [4.69, 9.17) is 0 Å². The molecule has 122 valence electrons. The largest absolute Gasteiger partial charge is 0.368 e. The molecule has 0 spiro atoms. The van der Waals surface area contributed by atoms with E-state index < -0.39 is 0 Å². The Hall–Kier alpha value is -2.45. The number of nitriles is 1. The lowest BCUT2D eigenvalue weighted by atomic mass is 10.0. The standard InChI is InChI=1S/C19H21N5/c20-13-17-6-5-16(15-3-4-15)12-19(17)24-10-8-23(9-11-24)14-18-2-1-7-21-22-18/h1-2,5-7,12,15H,3-4,8-11,14H2. The number of hydrogen-bond acceptors (Lipinski definition) is 5. The van der Waals surface area contributed by atoms with E-state index in [0.29, 0.717) is 0 Å². The van der Waals surface area contributed by atoms with E-state index >= 15 is 0 Å². The lowest BCUT2D eigenvalue weighted by Crippen LogP contribution is -2.46. The molecule has 0 atom stereocenters. The predicted molar refractivity (Wildman–Crippen MR) is 92.7 cm³/mol. The number of piperazine rings is 1. The van der Waals surface area contributed by atoms with Gasteiger partial charge in [-0.2, -0.15) is 15.5 Å². The Balaban J connectivity index is 1.44. The Morgan fingerprint density at radius 3 is 2.62 bits per heavy atom. The molecule has 2 aliphatic rings. The van der Waals surface area contributed by atoms with E-state index in [-0.39, 0.29) is 0 Å². The average molecular weight is 319 g/mol. The summed E-state index contributed by atoms with van der Waals surface area (Å²) in [5, 5.41) is 17.6. The fourth-order valence-corrected chi connectivity index (χ4v) is 3.37. The summed E-state index contributed by atoms with van der Waals surface area (Å²) in [7, 11) is 0. The molecule has 0 radical (unpaired) electrons. The predicted octanol–water partition coefficient (Wildman–Crippen LogP) is 2.55. The third-order valence-electron chi connectivity index (χ3n) is 4.92. The van der Waals surface area contributed by atoms with E-state index in [1.54, 1.807) is 6.20 Å². The smallest absolute Gasteiger partial charge is 0.101 e. The van der Waals surface area contributed by atoms with Crippen LogP contribution in [0.3, 0.4) is 0 Å². The molecule has 2 heterocycles. The molecule has 24 heavy (non-hydrogen) atoms. The molecule has 0 bridgehead atoms. The molecule has 5 nitrogen and oxygen atoms in total. The number of aromatic nitrogens is 2. The summed E-state index contributed by atoms with van der Waals surface area (Å²) < 4.78 is 0. The van der Waals surface area contributed by atoms with Gasteiger partial charge >= 0.3 is 0 Å². The van der Waals surface area contributed by atoms with Gasteiger partial charge in [0.05, 0.1) is 16.9 Å². The van der Waals surface area contributed by atoms with Crippen LogP contribution in [0.4, 0.5) is 5.69 Å². The zero-order chi connectivity index (χ0) is 16.4. The summed E-state index contributed by atoms with van der Waals surface area (Å²) in [6, 6.07) is 12.7. The fourth-order valence-electron chi connectivity index (χ4n) is 3.37. The Bertz CT molecular complexity index is 740. The van der Waals surface area contributed by atoms with Gasteiger partial charge < -0.3 is 4.90 Å². The van der Waals surface area contributed by atoms with Gasteiger partial charge in [-0.25, -0.2) is 0 Å². The van der Waals surface area contributed by atoms with Gasteiger partial charge in [-0.05, 0) is 48.6 Å². The van der Waals surface area contributed by atoms with Crippen molar-refractivity contribution in [1.29, 1.82) is 5.26 Å². The molecule has 2 aromatic rings. The summed E-state index contributed by atoms with van der Waals surface area (Å²) in [6.45, 7) is 4.70. The molecule has 0 amide bonds. The third kappa shape index (κ3) is 3.24. The van der Waals surface area contributed by atoms with Crippen LogP contribution in [0.15, 0.2) is 36.5 Å². The van der Waals surface area contributed by atoms with Crippen LogP contribution >= 0.6 is 0 Å². The molecule has 5 heteroatoms. The molecule has 4 rings (SSSR count). The second-order valence-electron chi connectivity index (χ2n) is 6.64. The van der Waals surface area contributed by atoms with Crippen LogP contribution in [0.2, 0.25) is 0 Å². The van der Waals surface area contributed by atoms with Crippen molar-refractivity contribution in [3.8, 4) is 6.07 Å². The lowest BCUT2D eigenvalue weighted by molar-refractivity contribution is 0.246. The van der Waals surface area contributed by atoms with Gasteiger partial charge in [0, 0.05) is 38.9 Å². The Morgan fingerprint density at radius 1 is 1.12 bits per heavy atom. The number of rotatable bonds is 4. The fraction of sp³-hybridized carbons (Fsp3) is 0.421. The molecular weight excluding hydrogens is 298 g/mol. The average Bonchev–Trinajstić information content (AvgIpc) is 3.48. The van der Waals surface area contributed by atoms with Crippen molar-refractivity contribution < 1.29 is 0 Å². The van der Waals surface area contributed by atoms with Gasteiger partial charge in [0.25, 0.3) is 0 Å². The van der Waals surface area contributed by atoms with Crippen LogP contribution in [0.5, 0.6) is 0 Å². The summed E-state index contributed by atoms with van der Waals surface area (Å²) >= 11 is 0. The van der Waals surface area contributed by atoms with Gasteiger partial charge in [-0.3, -0.25) is 4.90 Å². The van der Waals surface area contributed by atoms with E-state index in [0.717, 1.165) is 55.6 Å². The first kappa shape index (κ1) is 15.1. The molecule has 1 aliphatic heterocycles. The Morgan fingerprint density at radius 2 is 1.96 bits per heavy atom. The number of hydrogen-bond donors (Lipinski definition) is 0. The Kier molecular flexibility index (Phi) is 4.14. The van der Waals surface area contributed by atoms with Crippen LogP contribution in [0, 0.1) is 11.3 Å². The van der Waals surface area contributed by atoms with Gasteiger partial charge in [-0.1, -0.05) is 6.07 Å². The van der Waals surface area contributed by atoms with Crippen LogP contribution in [0.25, 0.3) is 0 Å². The van der Waals surface area contributed by atoms with E-state index in [2.05, 4.69) is 38.2 Å². The summed E-state index contributed by atoms with van der Waals surface area (Å²) in [6.07, 6.45) is 4.28. The highest BCUT2D eigenvalue weighted by Gasteiger charge is 2.26. The maximum absolute atomic E-state index is 9.44. The van der Waals surface area contributed by atoms with Crippen LogP contribution in [0.1, 0.15) is 35.6 Å². The van der Waals surface area contributed by atoms with Crippen LogP contribution in [-0.2, 0) is 6.54 Å². The first-order chi connectivity index (χ1) is 11.8. The van der Waals surface area contributed by atoms with Crippen molar-refractivity contribution in [2.75, 3.05) is 31.1 Å². The summed E-state index contributed by atoms with van der Waals surface area (Å²) in [4.78, 5) is 4.76. The zero-order valence-corrected chi connectivity index (χ0v) is 13.7. The minimum absolute atomic E-state index is 0.717. The molecule has 0 N–H and O–H groups in total. The summed E-state index contributed by atoms with van der Waals surface area (Å²) in [5.74, 6) is 0.717. The zero-order valence-electron chi connectivity index (χ0n) is 13.7. The normalized spacial score (nSPS) is 18.4. The van der Waals surface area contributed by atoms with Gasteiger partial charge in [0.2, 0.25) is 0 Å². The molecule has 0 unspecified atom stereocenters. The van der Waals surface area contributed by atoms with Gasteiger partial charge in [0.1, 0.15) is 6.07 Å². The first-order valence-electron chi connectivity index (χ1n) is 8.61. The van der Waals surface area contributed by atoms with Crippen molar-refractivity contribution in [1.82, 2.24) is 15.1 Å². The first-order valence-corrected chi connectivity index (χ1v) is 8.61. The van der Waals surface area contributed by atoms with Crippen molar-refractivity contribution in [2.24, 2.45) is 0 Å². The molecular formula is C19H21N5. The van der Waals surface area contributed by atoms with Crippen molar-refractivity contribution >= 4 is 5.69 Å². The lowest BCUT2D eigenvalue weighted by Gasteiger charge is -2.36. The second-order valence-corrected chi connectivity index (χ2v) is 6.64. The molecule has 1 saturated carbocycles. The molecule has 1 aromatic heterocycles. The minimum Gasteiger partial charge on any atom is -0.368 e. The maximum atomic E-state index is 9.44. The minimum atomic E-state index is 0.717. The van der Waals surface area contributed by atoms with Crippen molar-refractivity contribution in [3.05, 3.63) is 53.3 Å². The van der Waals surface area contributed by atoms with Crippen LogP contribution < -0.4 is 4.90 Å². The molecule has 1 aliphatic carbocycles. The third-order valence-corrected chi connectivity index (χ3v) is 4.92. The van der Waals surface area contributed by atoms with E-state index in [9.17, 15) is 5.26 Å². The highest BCUT2D eigenvalue weighted by Crippen LogP contribution is 2.41. The van der Waals surface area contributed by atoms with E-state index in [1.807, 2.05) is 18.2 Å².